The molecule has 2 rings (SSSR count). The van der Waals surface area contributed by atoms with Crippen LogP contribution >= 0.6 is 0 Å². The largest absolute Gasteiger partial charge is 0.508 e. The highest BCUT2D eigenvalue weighted by Gasteiger charge is 2.20. The Bertz CT molecular complexity index is 311. The van der Waals surface area contributed by atoms with Gasteiger partial charge in [-0.1, -0.05) is 24.6 Å². The number of para-hydroxylation sites is 1. The minimum atomic E-state index is 0.333. The maximum absolute atomic E-state index is 9.71. The van der Waals surface area contributed by atoms with Gasteiger partial charge in [0.1, 0.15) is 5.75 Å². The predicted octanol–water partition coefficient (Wildman–Crippen LogP) is 2.60. The fourth-order valence-corrected chi connectivity index (χ4v) is 2.17. The summed E-state index contributed by atoms with van der Waals surface area (Å²) in [4.78, 5) is 0. The van der Waals surface area contributed by atoms with Crippen molar-refractivity contribution in [1.29, 1.82) is 0 Å². The Labute approximate surface area is 85.0 Å². The van der Waals surface area contributed by atoms with E-state index in [0.29, 0.717) is 17.8 Å². The van der Waals surface area contributed by atoms with Gasteiger partial charge < -0.3 is 10.4 Å². The molecule has 0 spiro atoms. The second kappa shape index (κ2) is 4.01. The van der Waals surface area contributed by atoms with E-state index in [1.807, 2.05) is 18.2 Å². The second-order valence-corrected chi connectivity index (χ2v) is 4.11. The SMILES string of the molecule is CC1CCCC(c2ccccc2O)N1. The summed E-state index contributed by atoms with van der Waals surface area (Å²) in [5, 5.41) is 13.2. The van der Waals surface area contributed by atoms with Gasteiger partial charge in [-0.2, -0.15) is 0 Å². The Morgan fingerprint density at radius 2 is 2.07 bits per heavy atom. The summed E-state index contributed by atoms with van der Waals surface area (Å²) >= 11 is 0. The molecule has 1 aliphatic heterocycles. The van der Waals surface area contributed by atoms with Gasteiger partial charge >= 0.3 is 0 Å². The van der Waals surface area contributed by atoms with Crippen molar-refractivity contribution in [1.82, 2.24) is 5.32 Å². The fraction of sp³-hybridized carbons (Fsp3) is 0.500. The number of phenols is 1. The lowest BCUT2D eigenvalue weighted by molar-refractivity contribution is 0.332. The number of nitrogens with one attached hydrogen (secondary N) is 1. The molecule has 1 aromatic rings. The molecule has 0 aliphatic carbocycles. The second-order valence-electron chi connectivity index (χ2n) is 4.11. The van der Waals surface area contributed by atoms with Gasteiger partial charge in [-0.15, -0.1) is 0 Å². The van der Waals surface area contributed by atoms with Crippen molar-refractivity contribution < 1.29 is 5.11 Å². The lowest BCUT2D eigenvalue weighted by atomic mass is 9.94. The van der Waals surface area contributed by atoms with Crippen LogP contribution in [0.1, 0.15) is 37.8 Å². The third-order valence-corrected chi connectivity index (χ3v) is 2.93. The van der Waals surface area contributed by atoms with E-state index in [2.05, 4.69) is 12.2 Å². The summed E-state index contributed by atoms with van der Waals surface area (Å²) in [5.74, 6) is 0.416. The molecule has 0 saturated carbocycles. The molecule has 0 radical (unpaired) electrons. The molecule has 2 heteroatoms. The number of hydrogen-bond donors (Lipinski definition) is 2. The van der Waals surface area contributed by atoms with Crippen molar-refractivity contribution >= 4 is 0 Å². The van der Waals surface area contributed by atoms with Gasteiger partial charge in [0.2, 0.25) is 0 Å². The van der Waals surface area contributed by atoms with E-state index in [4.69, 9.17) is 0 Å². The van der Waals surface area contributed by atoms with Crippen molar-refractivity contribution in [3.63, 3.8) is 0 Å². The number of benzene rings is 1. The van der Waals surface area contributed by atoms with Gasteiger partial charge in [-0.05, 0) is 25.8 Å². The molecule has 76 valence electrons. The maximum atomic E-state index is 9.71. The summed E-state index contributed by atoms with van der Waals surface area (Å²) in [6.45, 7) is 2.20. The van der Waals surface area contributed by atoms with Gasteiger partial charge in [-0.25, -0.2) is 0 Å². The molecule has 2 atom stereocenters. The highest BCUT2D eigenvalue weighted by molar-refractivity contribution is 5.34. The van der Waals surface area contributed by atoms with Gasteiger partial charge in [-0.3, -0.25) is 0 Å². The topological polar surface area (TPSA) is 32.3 Å². The molecular weight excluding hydrogens is 174 g/mol. The molecule has 0 amide bonds. The van der Waals surface area contributed by atoms with Crippen LogP contribution in [0.25, 0.3) is 0 Å². The quantitative estimate of drug-likeness (QED) is 0.715. The van der Waals surface area contributed by atoms with Crippen LogP contribution in [0.5, 0.6) is 5.75 Å². The molecule has 1 heterocycles. The van der Waals surface area contributed by atoms with Crippen molar-refractivity contribution in [3.8, 4) is 5.75 Å². The predicted molar refractivity (Wildman–Crippen MR) is 57.3 cm³/mol. The first-order chi connectivity index (χ1) is 6.77. The zero-order valence-electron chi connectivity index (χ0n) is 8.53. The summed E-state index contributed by atoms with van der Waals surface area (Å²) in [7, 11) is 0. The van der Waals surface area contributed by atoms with Crippen molar-refractivity contribution in [3.05, 3.63) is 29.8 Å². The molecule has 2 nitrogen and oxygen atoms in total. The lowest BCUT2D eigenvalue weighted by Gasteiger charge is -2.29. The summed E-state index contributed by atoms with van der Waals surface area (Å²) < 4.78 is 0. The van der Waals surface area contributed by atoms with Crippen LogP contribution in [0.3, 0.4) is 0 Å². The van der Waals surface area contributed by atoms with E-state index in [0.717, 1.165) is 12.0 Å². The third-order valence-electron chi connectivity index (χ3n) is 2.93. The van der Waals surface area contributed by atoms with Crippen LogP contribution in [-0.4, -0.2) is 11.1 Å². The maximum Gasteiger partial charge on any atom is 0.120 e. The minimum Gasteiger partial charge on any atom is -0.508 e. The van der Waals surface area contributed by atoms with Gasteiger partial charge in [0.15, 0.2) is 0 Å². The molecule has 2 unspecified atom stereocenters. The van der Waals surface area contributed by atoms with E-state index in [-0.39, 0.29) is 0 Å². The van der Waals surface area contributed by atoms with E-state index in [1.54, 1.807) is 6.07 Å². The lowest BCUT2D eigenvalue weighted by Crippen LogP contribution is -2.34. The molecule has 1 aliphatic rings. The molecule has 0 aromatic heterocycles. The average molecular weight is 191 g/mol. The zero-order chi connectivity index (χ0) is 9.97. The molecule has 1 fully saturated rings. The Kier molecular flexibility index (Phi) is 2.73. The molecular formula is C12H17NO. The first kappa shape index (κ1) is 9.53. The highest BCUT2D eigenvalue weighted by atomic mass is 16.3. The van der Waals surface area contributed by atoms with E-state index >= 15 is 0 Å². The van der Waals surface area contributed by atoms with Crippen LogP contribution < -0.4 is 5.32 Å². The summed E-state index contributed by atoms with van der Waals surface area (Å²) in [5.41, 5.74) is 1.04. The monoisotopic (exact) mass is 191 g/mol. The molecule has 2 N–H and O–H groups in total. The van der Waals surface area contributed by atoms with Crippen LogP contribution in [-0.2, 0) is 0 Å². The summed E-state index contributed by atoms with van der Waals surface area (Å²) in [6.07, 6.45) is 3.61. The smallest absolute Gasteiger partial charge is 0.120 e. The molecule has 1 aromatic carbocycles. The first-order valence-electron chi connectivity index (χ1n) is 5.31. The van der Waals surface area contributed by atoms with Gasteiger partial charge in [0.05, 0.1) is 0 Å². The number of phenolic OH excluding ortho intramolecular Hbond substituents is 1. The minimum absolute atomic E-state index is 0.333. The van der Waals surface area contributed by atoms with Crippen molar-refractivity contribution in [2.75, 3.05) is 0 Å². The Hall–Kier alpha value is -1.02. The number of rotatable bonds is 1. The Balaban J connectivity index is 2.18. The Morgan fingerprint density at radius 3 is 2.79 bits per heavy atom. The first-order valence-corrected chi connectivity index (χ1v) is 5.31. The summed E-state index contributed by atoms with van der Waals surface area (Å²) in [6, 6.07) is 8.51. The van der Waals surface area contributed by atoms with Crippen molar-refractivity contribution in [2.24, 2.45) is 0 Å². The normalized spacial score (nSPS) is 27.5. The van der Waals surface area contributed by atoms with Gasteiger partial charge in [0.25, 0.3) is 0 Å². The van der Waals surface area contributed by atoms with Crippen molar-refractivity contribution in [2.45, 2.75) is 38.3 Å². The van der Waals surface area contributed by atoms with Crippen LogP contribution in [0.4, 0.5) is 0 Å². The average Bonchev–Trinajstić information content (AvgIpc) is 2.18. The third kappa shape index (κ3) is 1.90. The standard InChI is InChI=1S/C12H17NO/c1-9-5-4-7-11(13-9)10-6-2-3-8-12(10)14/h2-3,6,8-9,11,13-14H,4-5,7H2,1H3. The molecule has 0 bridgehead atoms. The molecule has 14 heavy (non-hydrogen) atoms. The van der Waals surface area contributed by atoms with Crippen LogP contribution in [0, 0.1) is 0 Å². The van der Waals surface area contributed by atoms with Gasteiger partial charge in [0, 0.05) is 17.6 Å². The fourth-order valence-electron chi connectivity index (χ4n) is 2.17. The zero-order valence-corrected chi connectivity index (χ0v) is 8.53. The van der Waals surface area contributed by atoms with Crippen LogP contribution in [0.15, 0.2) is 24.3 Å². The van der Waals surface area contributed by atoms with E-state index in [9.17, 15) is 5.11 Å². The number of piperidine rings is 1. The number of hydrogen-bond acceptors (Lipinski definition) is 2. The van der Waals surface area contributed by atoms with Crippen LogP contribution in [0.2, 0.25) is 0 Å². The van der Waals surface area contributed by atoms with E-state index in [1.165, 1.54) is 12.8 Å². The highest BCUT2D eigenvalue weighted by Crippen LogP contribution is 2.30. The Morgan fingerprint density at radius 1 is 1.29 bits per heavy atom. The number of aromatic hydroxyl groups is 1. The van der Waals surface area contributed by atoms with E-state index < -0.39 is 0 Å². The molecule has 1 saturated heterocycles.